The number of aromatic nitrogens is 1. The third kappa shape index (κ3) is 4.34. The maximum atomic E-state index is 12.4. The molecule has 2 aromatic carbocycles. The van der Waals surface area contributed by atoms with Gasteiger partial charge in [0.15, 0.2) is 0 Å². The van der Waals surface area contributed by atoms with Crippen molar-refractivity contribution >= 4 is 16.8 Å². The van der Waals surface area contributed by atoms with Gasteiger partial charge in [0.05, 0.1) is 26.2 Å². The van der Waals surface area contributed by atoms with Crippen molar-refractivity contribution in [2.45, 2.75) is 19.8 Å². The van der Waals surface area contributed by atoms with Gasteiger partial charge in [0, 0.05) is 17.5 Å². The highest BCUT2D eigenvalue weighted by atomic mass is 16.5. The molecule has 6 nitrogen and oxygen atoms in total. The van der Waals surface area contributed by atoms with Crippen molar-refractivity contribution in [1.82, 2.24) is 10.3 Å². The molecule has 1 amide bonds. The van der Waals surface area contributed by atoms with Crippen molar-refractivity contribution in [2.24, 2.45) is 0 Å². The van der Waals surface area contributed by atoms with E-state index in [2.05, 4.69) is 10.3 Å². The Hall–Kier alpha value is -3.28. The van der Waals surface area contributed by atoms with Gasteiger partial charge in [-0.2, -0.15) is 0 Å². The van der Waals surface area contributed by atoms with Crippen LogP contribution in [-0.2, 0) is 17.6 Å². The number of benzene rings is 2. The predicted molar refractivity (Wildman–Crippen MR) is 109 cm³/mol. The Labute approximate surface area is 163 Å². The number of rotatable bonds is 7. The molecule has 0 radical (unpaired) electrons. The van der Waals surface area contributed by atoms with Crippen LogP contribution in [0, 0.1) is 6.92 Å². The number of H-pyrrole nitrogens is 1. The van der Waals surface area contributed by atoms with E-state index in [0.717, 1.165) is 22.3 Å². The fourth-order valence-corrected chi connectivity index (χ4v) is 3.14. The van der Waals surface area contributed by atoms with Crippen molar-refractivity contribution in [3.63, 3.8) is 0 Å². The Morgan fingerprint density at radius 1 is 1.07 bits per heavy atom. The zero-order valence-corrected chi connectivity index (χ0v) is 16.3. The number of carbonyl (C=O) groups excluding carboxylic acids is 1. The van der Waals surface area contributed by atoms with Gasteiger partial charge in [0.1, 0.15) is 11.5 Å². The molecule has 0 unspecified atom stereocenters. The van der Waals surface area contributed by atoms with E-state index in [1.54, 1.807) is 14.2 Å². The van der Waals surface area contributed by atoms with Crippen LogP contribution in [-0.4, -0.2) is 31.7 Å². The van der Waals surface area contributed by atoms with Crippen LogP contribution in [0.3, 0.4) is 0 Å². The lowest BCUT2D eigenvalue weighted by Gasteiger charge is -2.10. The third-order valence-electron chi connectivity index (χ3n) is 4.73. The van der Waals surface area contributed by atoms with Crippen LogP contribution in [0.25, 0.3) is 10.9 Å². The molecule has 2 N–H and O–H groups in total. The number of ether oxygens (including phenoxy) is 2. The van der Waals surface area contributed by atoms with E-state index in [4.69, 9.17) is 9.47 Å². The van der Waals surface area contributed by atoms with Crippen LogP contribution in [0.4, 0.5) is 0 Å². The monoisotopic (exact) mass is 380 g/mol. The van der Waals surface area contributed by atoms with E-state index in [1.807, 2.05) is 49.4 Å². The zero-order valence-electron chi connectivity index (χ0n) is 16.3. The van der Waals surface area contributed by atoms with Gasteiger partial charge in [-0.1, -0.05) is 18.2 Å². The maximum Gasteiger partial charge on any atom is 0.251 e. The summed E-state index contributed by atoms with van der Waals surface area (Å²) in [6.07, 6.45) is 0.741. The van der Waals surface area contributed by atoms with Crippen LogP contribution in [0.5, 0.6) is 11.5 Å². The van der Waals surface area contributed by atoms with Gasteiger partial charge in [-0.15, -0.1) is 0 Å². The van der Waals surface area contributed by atoms with Gasteiger partial charge in [-0.3, -0.25) is 9.59 Å². The highest BCUT2D eigenvalue weighted by Crippen LogP contribution is 2.25. The molecular weight excluding hydrogens is 356 g/mol. The fourth-order valence-electron chi connectivity index (χ4n) is 3.14. The largest absolute Gasteiger partial charge is 0.497 e. The van der Waals surface area contributed by atoms with Crippen LogP contribution in [0.2, 0.25) is 0 Å². The Morgan fingerprint density at radius 2 is 1.82 bits per heavy atom. The molecule has 0 aliphatic heterocycles. The highest BCUT2D eigenvalue weighted by Gasteiger charge is 2.10. The molecule has 0 saturated carbocycles. The van der Waals surface area contributed by atoms with Gasteiger partial charge in [0.2, 0.25) is 5.91 Å². The van der Waals surface area contributed by atoms with Crippen molar-refractivity contribution < 1.29 is 14.3 Å². The van der Waals surface area contributed by atoms with E-state index in [-0.39, 0.29) is 17.9 Å². The number of hydrogen-bond acceptors (Lipinski definition) is 4. The molecule has 1 aromatic heterocycles. The summed E-state index contributed by atoms with van der Waals surface area (Å²) in [5.74, 6) is 1.31. The number of aryl methyl sites for hydroxylation is 1. The molecule has 28 heavy (non-hydrogen) atoms. The summed E-state index contributed by atoms with van der Waals surface area (Å²) in [4.78, 5) is 27.5. The summed E-state index contributed by atoms with van der Waals surface area (Å²) in [5.41, 5.74) is 3.12. The third-order valence-corrected chi connectivity index (χ3v) is 4.73. The number of carbonyl (C=O) groups is 1. The standard InChI is InChI=1S/C22H24N2O4/c1-14-4-9-19(28-3)21-18(14)13-16(22(26)24-21)10-11-23-20(25)12-15-5-7-17(27-2)8-6-15/h4-9,13H,10-12H2,1-3H3,(H,23,25)(H,24,26). The molecule has 0 bridgehead atoms. The maximum absolute atomic E-state index is 12.4. The Balaban J connectivity index is 1.64. The highest BCUT2D eigenvalue weighted by molar-refractivity contribution is 5.87. The lowest BCUT2D eigenvalue weighted by molar-refractivity contribution is -0.120. The predicted octanol–water partition coefficient (Wildman–Crippen LogP) is 2.76. The summed E-state index contributed by atoms with van der Waals surface area (Å²) in [5, 5.41) is 3.82. The molecule has 0 aliphatic carbocycles. The molecule has 0 fully saturated rings. The zero-order chi connectivity index (χ0) is 20.1. The summed E-state index contributed by atoms with van der Waals surface area (Å²) in [6, 6.07) is 13.1. The number of methoxy groups -OCH3 is 2. The number of hydrogen-bond donors (Lipinski definition) is 2. The molecule has 3 rings (SSSR count). The van der Waals surface area contributed by atoms with Gasteiger partial charge >= 0.3 is 0 Å². The van der Waals surface area contributed by atoms with Crippen LogP contribution < -0.4 is 20.3 Å². The van der Waals surface area contributed by atoms with Gasteiger partial charge in [-0.05, 0) is 48.7 Å². The molecule has 0 spiro atoms. The van der Waals surface area contributed by atoms with E-state index in [9.17, 15) is 9.59 Å². The Bertz CT molecular complexity index is 1040. The molecule has 3 aromatic rings. The number of nitrogens with one attached hydrogen (secondary N) is 2. The summed E-state index contributed by atoms with van der Waals surface area (Å²) in [6.45, 7) is 2.38. The number of fused-ring (bicyclic) bond motifs is 1. The first-order chi connectivity index (χ1) is 13.5. The van der Waals surface area contributed by atoms with Crippen molar-refractivity contribution in [1.29, 1.82) is 0 Å². The average Bonchev–Trinajstić information content (AvgIpc) is 2.70. The minimum Gasteiger partial charge on any atom is -0.497 e. The van der Waals surface area contributed by atoms with Crippen molar-refractivity contribution in [3.05, 3.63) is 69.5 Å². The topological polar surface area (TPSA) is 80.4 Å². The van der Waals surface area contributed by atoms with Gasteiger partial charge < -0.3 is 19.8 Å². The van der Waals surface area contributed by atoms with Crippen molar-refractivity contribution in [3.8, 4) is 11.5 Å². The molecule has 146 valence electrons. The first kappa shape index (κ1) is 19.5. The number of aromatic amines is 1. The lowest BCUT2D eigenvalue weighted by Crippen LogP contribution is -2.28. The molecule has 0 aliphatic rings. The number of pyridine rings is 1. The summed E-state index contributed by atoms with van der Waals surface area (Å²) >= 11 is 0. The van der Waals surface area contributed by atoms with Gasteiger partial charge in [-0.25, -0.2) is 0 Å². The number of amides is 1. The quantitative estimate of drug-likeness (QED) is 0.660. The second kappa shape index (κ2) is 8.61. The smallest absolute Gasteiger partial charge is 0.251 e. The van der Waals surface area contributed by atoms with Crippen molar-refractivity contribution in [2.75, 3.05) is 20.8 Å². The van der Waals surface area contributed by atoms with Gasteiger partial charge in [0.25, 0.3) is 5.56 Å². The second-order valence-corrected chi connectivity index (χ2v) is 6.62. The molecular formula is C22H24N2O4. The minimum atomic E-state index is -0.166. The van der Waals surface area contributed by atoms with Crippen LogP contribution in [0.15, 0.2) is 47.3 Å². The van der Waals surface area contributed by atoms with E-state index in [0.29, 0.717) is 29.8 Å². The minimum absolute atomic E-state index is 0.0831. The Kier molecular flexibility index (Phi) is 5.99. The fraction of sp³-hybridized carbons (Fsp3) is 0.273. The molecule has 0 atom stereocenters. The summed E-state index contributed by atoms with van der Waals surface area (Å²) < 4.78 is 10.4. The molecule has 0 saturated heterocycles. The Morgan fingerprint density at radius 3 is 2.50 bits per heavy atom. The average molecular weight is 380 g/mol. The molecule has 1 heterocycles. The second-order valence-electron chi connectivity index (χ2n) is 6.62. The lowest BCUT2D eigenvalue weighted by atomic mass is 10.1. The molecule has 6 heteroatoms. The summed E-state index contributed by atoms with van der Waals surface area (Å²) in [7, 11) is 3.18. The van der Waals surface area contributed by atoms with E-state index in [1.165, 1.54) is 0 Å². The van der Waals surface area contributed by atoms with Crippen LogP contribution >= 0.6 is 0 Å². The first-order valence-corrected chi connectivity index (χ1v) is 9.11. The van der Waals surface area contributed by atoms with Crippen LogP contribution in [0.1, 0.15) is 16.7 Å². The van der Waals surface area contributed by atoms with E-state index < -0.39 is 0 Å². The first-order valence-electron chi connectivity index (χ1n) is 9.11. The normalized spacial score (nSPS) is 10.7. The van der Waals surface area contributed by atoms with E-state index >= 15 is 0 Å². The SMILES string of the molecule is COc1ccc(CC(=O)NCCc2cc3c(C)ccc(OC)c3[nH]c2=O)cc1.